The smallest absolute Gasteiger partial charge is 0.241 e. The number of likely N-dealkylation sites (N-methyl/N-ethyl adjacent to an activating group) is 1. The van der Waals surface area contributed by atoms with Gasteiger partial charge in [-0.1, -0.05) is 48.0 Å². The van der Waals surface area contributed by atoms with Crippen LogP contribution in [-0.4, -0.2) is 57.9 Å². The van der Waals surface area contributed by atoms with E-state index in [1.165, 1.54) is 32.0 Å². The van der Waals surface area contributed by atoms with E-state index in [4.69, 9.17) is 11.6 Å². The van der Waals surface area contributed by atoms with E-state index in [9.17, 15) is 13.2 Å². The standard InChI is InChI=1S/C22H28ClN3O3S.ClH/c1-24-30(28,29)21-14-17(10-11-19(21)23)15-22(27)25(2)20(16-26-12-6-7-13-26)18-8-4-3-5-9-18;/h3-5,8-11,14,20,24H,6-7,12-13,15-16H2,1-2H3;1H/t20-;/m1./s1. The Bertz CT molecular complexity index is 981. The maximum atomic E-state index is 13.1. The minimum Gasteiger partial charge on any atom is -0.337 e. The fourth-order valence-electron chi connectivity index (χ4n) is 3.78. The molecule has 0 saturated carbocycles. The third-order valence-corrected chi connectivity index (χ3v) is 7.48. The van der Waals surface area contributed by atoms with Crippen molar-refractivity contribution in [3.63, 3.8) is 0 Å². The van der Waals surface area contributed by atoms with E-state index in [1.54, 1.807) is 11.0 Å². The number of hydrogen-bond donors (Lipinski definition) is 1. The average molecular weight is 486 g/mol. The molecule has 1 fully saturated rings. The van der Waals surface area contributed by atoms with Gasteiger partial charge in [0, 0.05) is 13.6 Å². The van der Waals surface area contributed by atoms with Crippen LogP contribution in [0, 0.1) is 0 Å². The summed E-state index contributed by atoms with van der Waals surface area (Å²) in [6.07, 6.45) is 2.47. The van der Waals surface area contributed by atoms with Crippen LogP contribution in [-0.2, 0) is 21.2 Å². The summed E-state index contributed by atoms with van der Waals surface area (Å²) in [5.74, 6) is -0.0711. The molecule has 2 aromatic rings. The Morgan fingerprint density at radius 2 is 1.81 bits per heavy atom. The zero-order valence-electron chi connectivity index (χ0n) is 17.8. The zero-order valence-corrected chi connectivity index (χ0v) is 20.1. The predicted molar refractivity (Wildman–Crippen MR) is 126 cm³/mol. The summed E-state index contributed by atoms with van der Waals surface area (Å²) in [4.78, 5) is 17.3. The number of likely N-dealkylation sites (tertiary alicyclic amines) is 1. The summed E-state index contributed by atoms with van der Waals surface area (Å²) in [5, 5.41) is 0.130. The molecule has 170 valence electrons. The number of sulfonamides is 1. The van der Waals surface area contributed by atoms with E-state index in [2.05, 4.69) is 9.62 Å². The third kappa shape index (κ3) is 6.43. The van der Waals surface area contributed by atoms with Gasteiger partial charge in [0.25, 0.3) is 0 Å². The first-order valence-corrected chi connectivity index (χ1v) is 11.9. The van der Waals surface area contributed by atoms with Gasteiger partial charge < -0.3 is 9.80 Å². The lowest BCUT2D eigenvalue weighted by Crippen LogP contribution is -2.39. The van der Waals surface area contributed by atoms with Crippen molar-refractivity contribution < 1.29 is 13.2 Å². The molecule has 1 amide bonds. The quantitative estimate of drug-likeness (QED) is 0.620. The molecule has 9 heteroatoms. The Hall–Kier alpha value is -1.64. The van der Waals surface area contributed by atoms with Crippen LogP contribution in [0.5, 0.6) is 0 Å². The number of carbonyl (C=O) groups excluding carboxylic acids is 1. The van der Waals surface area contributed by atoms with Gasteiger partial charge in [0.1, 0.15) is 4.90 Å². The highest BCUT2D eigenvalue weighted by Gasteiger charge is 2.26. The van der Waals surface area contributed by atoms with Crippen molar-refractivity contribution in [3.05, 3.63) is 64.7 Å². The van der Waals surface area contributed by atoms with E-state index >= 15 is 0 Å². The molecule has 1 atom stereocenters. The number of carbonyl (C=O) groups is 1. The Balaban J connectivity index is 0.00000341. The summed E-state index contributed by atoms with van der Waals surface area (Å²) < 4.78 is 26.6. The number of hydrogen-bond acceptors (Lipinski definition) is 4. The van der Waals surface area contributed by atoms with Crippen molar-refractivity contribution in [2.24, 2.45) is 0 Å². The summed E-state index contributed by atoms with van der Waals surface area (Å²) in [6.45, 7) is 2.88. The topological polar surface area (TPSA) is 69.7 Å². The number of rotatable bonds is 8. The van der Waals surface area contributed by atoms with E-state index < -0.39 is 10.0 Å². The van der Waals surface area contributed by atoms with Crippen LogP contribution in [0.25, 0.3) is 0 Å². The molecule has 3 rings (SSSR count). The van der Waals surface area contributed by atoms with Crippen LogP contribution in [0.1, 0.15) is 30.0 Å². The molecule has 31 heavy (non-hydrogen) atoms. The van der Waals surface area contributed by atoms with Crippen molar-refractivity contribution >= 4 is 39.9 Å². The van der Waals surface area contributed by atoms with Gasteiger partial charge >= 0.3 is 0 Å². The van der Waals surface area contributed by atoms with Crippen LogP contribution in [0.3, 0.4) is 0 Å². The molecule has 1 N–H and O–H groups in total. The molecule has 2 aromatic carbocycles. The summed E-state index contributed by atoms with van der Waals surface area (Å²) in [7, 11) is -0.546. The van der Waals surface area contributed by atoms with Crippen molar-refractivity contribution in [1.82, 2.24) is 14.5 Å². The van der Waals surface area contributed by atoms with Gasteiger partial charge in [-0.05, 0) is 56.2 Å². The molecule has 0 spiro atoms. The maximum Gasteiger partial charge on any atom is 0.241 e. The normalized spacial score (nSPS) is 15.3. The van der Waals surface area contributed by atoms with E-state index in [1.807, 2.05) is 37.4 Å². The van der Waals surface area contributed by atoms with Crippen molar-refractivity contribution in [2.45, 2.75) is 30.2 Å². The second-order valence-electron chi connectivity index (χ2n) is 7.59. The van der Waals surface area contributed by atoms with Crippen molar-refractivity contribution in [2.75, 3.05) is 33.7 Å². The van der Waals surface area contributed by atoms with Gasteiger partial charge in [0.05, 0.1) is 17.5 Å². The highest BCUT2D eigenvalue weighted by molar-refractivity contribution is 7.89. The Morgan fingerprint density at radius 1 is 1.16 bits per heavy atom. The second kappa shape index (κ2) is 11.3. The summed E-state index contributed by atoms with van der Waals surface area (Å²) in [5.41, 5.74) is 1.70. The van der Waals surface area contributed by atoms with Gasteiger partial charge in [-0.3, -0.25) is 4.79 Å². The first-order valence-electron chi connectivity index (χ1n) is 10.1. The molecule has 0 bridgehead atoms. The highest BCUT2D eigenvalue weighted by atomic mass is 35.5. The number of nitrogens with zero attached hydrogens (tertiary/aromatic N) is 2. The second-order valence-corrected chi connectivity index (χ2v) is 9.85. The van der Waals surface area contributed by atoms with Crippen molar-refractivity contribution in [3.8, 4) is 0 Å². The fraction of sp³-hybridized carbons (Fsp3) is 0.409. The van der Waals surface area contributed by atoms with E-state index in [-0.39, 0.29) is 40.7 Å². The third-order valence-electron chi connectivity index (χ3n) is 5.58. The minimum atomic E-state index is -3.70. The van der Waals surface area contributed by atoms with Crippen LogP contribution in [0.15, 0.2) is 53.4 Å². The number of nitrogens with one attached hydrogen (secondary N) is 1. The van der Waals surface area contributed by atoms with E-state index in [0.717, 1.165) is 25.2 Å². The molecule has 0 aliphatic carbocycles. The lowest BCUT2D eigenvalue weighted by Gasteiger charge is -2.32. The Morgan fingerprint density at radius 3 is 2.42 bits per heavy atom. The fourth-order valence-corrected chi connectivity index (χ4v) is 5.06. The zero-order chi connectivity index (χ0) is 21.7. The first kappa shape index (κ1) is 25.6. The first-order chi connectivity index (χ1) is 14.3. The molecule has 1 aliphatic rings. The number of amides is 1. The molecule has 0 unspecified atom stereocenters. The molecule has 1 saturated heterocycles. The number of halogens is 2. The molecule has 6 nitrogen and oxygen atoms in total. The Kier molecular flexibility index (Phi) is 9.33. The molecule has 1 aliphatic heterocycles. The number of benzene rings is 2. The lowest BCUT2D eigenvalue weighted by atomic mass is 10.0. The van der Waals surface area contributed by atoms with Gasteiger partial charge in [-0.2, -0.15) is 0 Å². The van der Waals surface area contributed by atoms with Gasteiger partial charge in [-0.15, -0.1) is 12.4 Å². The predicted octanol–water partition coefficient (Wildman–Crippen LogP) is 3.51. The molecular weight excluding hydrogens is 457 g/mol. The summed E-state index contributed by atoms with van der Waals surface area (Å²) in [6, 6.07) is 14.7. The molecule has 0 radical (unpaired) electrons. The molecule has 1 heterocycles. The molecule has 0 aromatic heterocycles. The largest absolute Gasteiger partial charge is 0.337 e. The molecular formula is C22H29Cl2N3O3S. The van der Waals surface area contributed by atoms with Crippen LogP contribution in [0.2, 0.25) is 5.02 Å². The van der Waals surface area contributed by atoms with Gasteiger partial charge in [0.15, 0.2) is 0 Å². The lowest BCUT2D eigenvalue weighted by molar-refractivity contribution is -0.131. The van der Waals surface area contributed by atoms with Crippen molar-refractivity contribution in [1.29, 1.82) is 0 Å². The summed E-state index contributed by atoms with van der Waals surface area (Å²) >= 11 is 6.06. The van der Waals surface area contributed by atoms with Gasteiger partial charge in [0.2, 0.25) is 15.9 Å². The monoisotopic (exact) mass is 485 g/mol. The minimum absolute atomic E-state index is 0. The van der Waals surface area contributed by atoms with E-state index in [0.29, 0.717) is 5.56 Å². The average Bonchev–Trinajstić information content (AvgIpc) is 3.26. The maximum absolute atomic E-state index is 13.1. The SMILES string of the molecule is CNS(=O)(=O)c1cc(CC(=O)N(C)[C@H](CN2CCCC2)c2ccccc2)ccc1Cl.Cl. The van der Waals surface area contributed by atoms with Gasteiger partial charge in [-0.25, -0.2) is 13.1 Å². The van der Waals surface area contributed by atoms with Crippen LogP contribution in [0.4, 0.5) is 0 Å². The highest BCUT2D eigenvalue weighted by Crippen LogP contribution is 2.26. The van der Waals surface area contributed by atoms with Crippen LogP contribution < -0.4 is 4.72 Å². The van der Waals surface area contributed by atoms with Crippen LogP contribution >= 0.6 is 24.0 Å². The Labute approximate surface area is 196 Å².